The Hall–Kier alpha value is -1.80. The molecule has 0 spiro atoms. The Labute approximate surface area is 169 Å². The van der Waals surface area contributed by atoms with Gasteiger partial charge in [0.2, 0.25) is 15.9 Å². The SMILES string of the molecule is COc1ccc(S(=O)(=O)N(C)C)cc1CCC(=O)Nc1cccc(Cl)c1Cl. The van der Waals surface area contributed by atoms with Gasteiger partial charge < -0.3 is 10.1 Å². The van der Waals surface area contributed by atoms with Gasteiger partial charge >= 0.3 is 0 Å². The number of hydrogen-bond acceptors (Lipinski definition) is 4. The number of carbonyl (C=O) groups is 1. The summed E-state index contributed by atoms with van der Waals surface area (Å²) in [6.07, 6.45) is 0.411. The molecule has 0 fully saturated rings. The average Bonchev–Trinajstić information content (AvgIpc) is 2.63. The molecule has 2 aromatic rings. The molecule has 0 atom stereocenters. The molecule has 27 heavy (non-hydrogen) atoms. The number of anilines is 1. The van der Waals surface area contributed by atoms with Crippen molar-refractivity contribution in [1.29, 1.82) is 0 Å². The van der Waals surface area contributed by atoms with Crippen LogP contribution in [0.5, 0.6) is 5.75 Å². The molecule has 146 valence electrons. The van der Waals surface area contributed by atoms with E-state index < -0.39 is 10.0 Å². The van der Waals surface area contributed by atoms with Crippen molar-refractivity contribution in [3.63, 3.8) is 0 Å². The fourth-order valence-electron chi connectivity index (χ4n) is 2.38. The molecule has 0 radical (unpaired) electrons. The highest BCUT2D eigenvalue weighted by atomic mass is 35.5. The number of amides is 1. The van der Waals surface area contributed by atoms with Gasteiger partial charge in [0, 0.05) is 20.5 Å². The molecule has 2 rings (SSSR count). The molecule has 0 heterocycles. The van der Waals surface area contributed by atoms with E-state index in [9.17, 15) is 13.2 Å². The molecule has 0 bridgehead atoms. The molecule has 0 unspecified atom stereocenters. The Morgan fingerprint density at radius 2 is 1.89 bits per heavy atom. The number of methoxy groups -OCH3 is 1. The number of nitrogens with one attached hydrogen (secondary N) is 1. The lowest BCUT2D eigenvalue weighted by Crippen LogP contribution is -2.22. The minimum absolute atomic E-state index is 0.116. The second kappa shape index (κ2) is 8.93. The van der Waals surface area contributed by atoms with Gasteiger partial charge in [-0.25, -0.2) is 12.7 Å². The molecule has 0 aliphatic heterocycles. The van der Waals surface area contributed by atoms with E-state index in [-0.39, 0.29) is 22.2 Å². The van der Waals surface area contributed by atoms with Crippen molar-refractivity contribution in [3.8, 4) is 5.75 Å². The average molecular weight is 431 g/mol. The largest absolute Gasteiger partial charge is 0.496 e. The number of ether oxygens (including phenoxy) is 1. The predicted molar refractivity (Wildman–Crippen MR) is 107 cm³/mol. The highest BCUT2D eigenvalue weighted by Gasteiger charge is 2.19. The fourth-order valence-corrected chi connectivity index (χ4v) is 3.68. The first kappa shape index (κ1) is 21.5. The minimum Gasteiger partial charge on any atom is -0.496 e. The Kier molecular flexibility index (Phi) is 7.11. The number of carbonyl (C=O) groups excluding carboxylic acids is 1. The second-order valence-electron chi connectivity index (χ2n) is 5.91. The molecular formula is C18H20Cl2N2O4S. The lowest BCUT2D eigenvalue weighted by atomic mass is 10.1. The smallest absolute Gasteiger partial charge is 0.242 e. The maximum absolute atomic E-state index is 12.3. The highest BCUT2D eigenvalue weighted by Crippen LogP contribution is 2.30. The lowest BCUT2D eigenvalue weighted by molar-refractivity contribution is -0.116. The number of nitrogens with zero attached hydrogens (tertiary/aromatic N) is 1. The third-order valence-corrected chi connectivity index (χ3v) is 6.51. The summed E-state index contributed by atoms with van der Waals surface area (Å²) in [7, 11) is 0.834. The summed E-state index contributed by atoms with van der Waals surface area (Å²) in [5.74, 6) is 0.239. The molecular weight excluding hydrogens is 411 g/mol. The topological polar surface area (TPSA) is 75.7 Å². The first-order chi connectivity index (χ1) is 12.7. The van der Waals surface area contributed by atoms with Crippen molar-refractivity contribution in [3.05, 3.63) is 52.0 Å². The van der Waals surface area contributed by atoms with Crippen LogP contribution in [-0.4, -0.2) is 39.8 Å². The Bertz CT molecular complexity index is 946. The van der Waals surface area contributed by atoms with Gasteiger partial charge in [0.15, 0.2) is 0 Å². The standard InChI is InChI=1S/C18H20Cl2N2O4S/c1-22(2)27(24,25)13-8-9-16(26-3)12(11-13)7-10-17(23)21-15-6-4-5-14(19)18(15)20/h4-6,8-9,11H,7,10H2,1-3H3,(H,21,23). The zero-order valence-corrected chi connectivity index (χ0v) is 17.5. The zero-order valence-electron chi connectivity index (χ0n) is 15.1. The molecule has 0 aliphatic carbocycles. The van der Waals surface area contributed by atoms with Crippen LogP contribution in [0.15, 0.2) is 41.3 Å². The number of halogens is 2. The second-order valence-corrected chi connectivity index (χ2v) is 8.85. The number of sulfonamides is 1. The zero-order chi connectivity index (χ0) is 20.2. The van der Waals surface area contributed by atoms with E-state index in [4.69, 9.17) is 27.9 Å². The van der Waals surface area contributed by atoms with Crippen LogP contribution in [0, 0.1) is 0 Å². The number of aryl methyl sites for hydroxylation is 1. The van der Waals surface area contributed by atoms with Crippen LogP contribution in [0.3, 0.4) is 0 Å². The third kappa shape index (κ3) is 5.13. The van der Waals surface area contributed by atoms with Gasteiger partial charge in [-0.15, -0.1) is 0 Å². The summed E-state index contributed by atoms with van der Waals surface area (Å²) < 4.78 is 31.0. The van der Waals surface area contributed by atoms with Crippen LogP contribution in [0.25, 0.3) is 0 Å². The van der Waals surface area contributed by atoms with Gasteiger partial charge in [-0.05, 0) is 42.3 Å². The van der Waals surface area contributed by atoms with Crippen LogP contribution in [-0.2, 0) is 21.2 Å². The monoisotopic (exact) mass is 430 g/mol. The van der Waals surface area contributed by atoms with Crippen molar-refractivity contribution in [1.82, 2.24) is 4.31 Å². The van der Waals surface area contributed by atoms with Gasteiger partial charge in [-0.3, -0.25) is 4.79 Å². The van der Waals surface area contributed by atoms with E-state index in [0.717, 1.165) is 4.31 Å². The van der Waals surface area contributed by atoms with Crippen molar-refractivity contribution in [2.45, 2.75) is 17.7 Å². The predicted octanol–water partition coefficient (Wildman–Crippen LogP) is 3.82. The Morgan fingerprint density at radius 3 is 2.52 bits per heavy atom. The summed E-state index contributed by atoms with van der Waals surface area (Å²) in [4.78, 5) is 12.4. The summed E-state index contributed by atoms with van der Waals surface area (Å²) in [6.45, 7) is 0. The molecule has 1 amide bonds. The lowest BCUT2D eigenvalue weighted by Gasteiger charge is -2.15. The summed E-state index contributed by atoms with van der Waals surface area (Å²) in [6, 6.07) is 9.54. The molecule has 0 saturated carbocycles. The van der Waals surface area contributed by atoms with Crippen LogP contribution >= 0.6 is 23.2 Å². The first-order valence-electron chi connectivity index (χ1n) is 8.00. The van der Waals surface area contributed by atoms with E-state index >= 15 is 0 Å². The van der Waals surface area contributed by atoms with Crippen molar-refractivity contribution in [2.75, 3.05) is 26.5 Å². The van der Waals surface area contributed by atoms with E-state index in [1.165, 1.54) is 33.3 Å². The van der Waals surface area contributed by atoms with Crippen LogP contribution in [0.1, 0.15) is 12.0 Å². The van der Waals surface area contributed by atoms with E-state index in [0.29, 0.717) is 28.4 Å². The van der Waals surface area contributed by atoms with E-state index in [2.05, 4.69) is 5.32 Å². The third-order valence-electron chi connectivity index (χ3n) is 3.88. The molecule has 0 aliphatic rings. The van der Waals surface area contributed by atoms with Crippen LogP contribution in [0.4, 0.5) is 5.69 Å². The first-order valence-corrected chi connectivity index (χ1v) is 10.2. The molecule has 0 aromatic heterocycles. The van der Waals surface area contributed by atoms with Crippen LogP contribution < -0.4 is 10.1 Å². The molecule has 2 aromatic carbocycles. The maximum atomic E-state index is 12.3. The Balaban J connectivity index is 2.16. The maximum Gasteiger partial charge on any atom is 0.242 e. The normalized spacial score (nSPS) is 11.5. The van der Waals surface area contributed by atoms with Crippen LogP contribution in [0.2, 0.25) is 10.0 Å². The van der Waals surface area contributed by atoms with Gasteiger partial charge in [0.25, 0.3) is 0 Å². The van der Waals surface area contributed by atoms with Crippen molar-refractivity contribution >= 4 is 44.8 Å². The number of benzene rings is 2. The van der Waals surface area contributed by atoms with Gasteiger partial charge in [-0.1, -0.05) is 29.3 Å². The summed E-state index contributed by atoms with van der Waals surface area (Å²) in [5, 5.41) is 3.31. The fraction of sp³-hybridized carbons (Fsp3) is 0.278. The Morgan fingerprint density at radius 1 is 1.19 bits per heavy atom. The molecule has 6 nitrogen and oxygen atoms in total. The van der Waals surface area contributed by atoms with Crippen molar-refractivity contribution < 1.29 is 17.9 Å². The number of rotatable bonds is 7. The number of hydrogen-bond donors (Lipinski definition) is 1. The molecule has 1 N–H and O–H groups in total. The highest BCUT2D eigenvalue weighted by molar-refractivity contribution is 7.89. The minimum atomic E-state index is -3.58. The summed E-state index contributed by atoms with van der Waals surface area (Å²) >= 11 is 12.0. The quantitative estimate of drug-likeness (QED) is 0.723. The van der Waals surface area contributed by atoms with Gasteiger partial charge in [-0.2, -0.15) is 0 Å². The van der Waals surface area contributed by atoms with Gasteiger partial charge in [0.05, 0.1) is 27.7 Å². The van der Waals surface area contributed by atoms with E-state index in [1.54, 1.807) is 24.3 Å². The van der Waals surface area contributed by atoms with Crippen molar-refractivity contribution in [2.24, 2.45) is 0 Å². The summed E-state index contributed by atoms with van der Waals surface area (Å²) in [5.41, 5.74) is 1.04. The molecule has 0 saturated heterocycles. The van der Waals surface area contributed by atoms with E-state index in [1.807, 2.05) is 0 Å². The van der Waals surface area contributed by atoms with Gasteiger partial charge in [0.1, 0.15) is 5.75 Å². The molecule has 9 heteroatoms.